The van der Waals surface area contributed by atoms with Crippen molar-refractivity contribution in [2.24, 2.45) is 0 Å². The zero-order chi connectivity index (χ0) is 27.1. The molecule has 0 amide bonds. The molecule has 1 aliphatic carbocycles. The van der Waals surface area contributed by atoms with Crippen LogP contribution in [-0.4, -0.2) is 47.7 Å². The molecule has 2 heterocycles. The maximum absolute atomic E-state index is 13.3. The fourth-order valence-electron chi connectivity index (χ4n) is 4.56. The van der Waals surface area contributed by atoms with Gasteiger partial charge in [-0.15, -0.1) is 5.10 Å². The number of hydrogen-bond acceptors (Lipinski definition) is 8. The third kappa shape index (κ3) is 5.07. The number of rotatable bonds is 6. The Balaban J connectivity index is 1.37. The lowest BCUT2D eigenvalue weighted by atomic mass is 9.90. The maximum atomic E-state index is 13.3. The number of tetrazole rings is 1. The van der Waals surface area contributed by atoms with Crippen LogP contribution in [0.15, 0.2) is 61.1 Å². The average molecular weight is 532 g/mol. The van der Waals surface area contributed by atoms with Crippen LogP contribution in [0.25, 0.3) is 16.8 Å². The lowest BCUT2D eigenvalue weighted by Gasteiger charge is -2.22. The molecule has 0 fully saturated rings. The van der Waals surface area contributed by atoms with Gasteiger partial charge in [0.2, 0.25) is 0 Å². The Labute approximate surface area is 224 Å². The number of aryl methyl sites for hydroxylation is 1. The first-order chi connectivity index (χ1) is 18.0. The van der Waals surface area contributed by atoms with Crippen LogP contribution in [0.5, 0.6) is 0 Å². The number of fused-ring (bicyclic) bond motifs is 1. The molecule has 1 unspecified atom stereocenters. The van der Waals surface area contributed by atoms with Gasteiger partial charge in [0.25, 0.3) is 0 Å². The average Bonchev–Trinajstić information content (AvgIpc) is 3.52. The van der Waals surface area contributed by atoms with E-state index < -0.39 is 17.2 Å². The fraction of sp³-hybridized carbons (Fsp3) is 0.286. The van der Waals surface area contributed by atoms with Gasteiger partial charge in [-0.2, -0.15) is 4.68 Å². The van der Waals surface area contributed by atoms with Crippen molar-refractivity contribution in [3.8, 4) is 16.8 Å². The van der Waals surface area contributed by atoms with E-state index in [-0.39, 0.29) is 18.6 Å². The van der Waals surface area contributed by atoms with Gasteiger partial charge < -0.3 is 9.84 Å². The Bertz CT molecular complexity index is 1510. The zero-order valence-electron chi connectivity index (χ0n) is 21.2. The maximum Gasteiger partial charge on any atom is 0.338 e. The number of aliphatic hydroxyl groups is 1. The monoisotopic (exact) mass is 531 g/mol. The van der Waals surface area contributed by atoms with Crippen molar-refractivity contribution >= 4 is 23.4 Å². The van der Waals surface area contributed by atoms with Gasteiger partial charge in [0.15, 0.2) is 11.4 Å². The van der Waals surface area contributed by atoms with Crippen molar-refractivity contribution in [3.63, 3.8) is 0 Å². The fourth-order valence-corrected chi connectivity index (χ4v) is 4.74. The molecule has 0 bridgehead atoms. The lowest BCUT2D eigenvalue weighted by molar-refractivity contribution is -0.137. The lowest BCUT2D eigenvalue weighted by Crippen LogP contribution is -2.35. The predicted octanol–water partition coefficient (Wildman–Crippen LogP) is 4.28. The highest BCUT2D eigenvalue weighted by Gasteiger charge is 2.44. The van der Waals surface area contributed by atoms with Gasteiger partial charge in [-0.1, -0.05) is 23.7 Å². The van der Waals surface area contributed by atoms with Crippen molar-refractivity contribution in [2.45, 2.75) is 51.2 Å². The molecule has 5 rings (SSSR count). The first-order valence-corrected chi connectivity index (χ1v) is 12.5. The summed E-state index contributed by atoms with van der Waals surface area (Å²) in [5.74, 6) is -0.777. The first kappa shape index (κ1) is 25.7. The van der Waals surface area contributed by atoms with E-state index in [4.69, 9.17) is 16.3 Å². The minimum atomic E-state index is -1.69. The Morgan fingerprint density at radius 1 is 1.13 bits per heavy atom. The highest BCUT2D eigenvalue weighted by molar-refractivity contribution is 6.31. The Hall–Kier alpha value is -3.95. The second kappa shape index (κ2) is 9.74. The predicted molar refractivity (Wildman–Crippen MR) is 140 cm³/mol. The van der Waals surface area contributed by atoms with Crippen molar-refractivity contribution in [1.29, 1.82) is 0 Å². The number of carbonyl (C=O) groups excluding carboxylic acids is 2. The summed E-state index contributed by atoms with van der Waals surface area (Å²) in [7, 11) is 0. The highest BCUT2D eigenvalue weighted by atomic mass is 35.5. The minimum Gasteiger partial charge on any atom is -0.456 e. The number of esters is 1. The molecular weight excluding hydrogens is 506 g/mol. The smallest absolute Gasteiger partial charge is 0.338 e. The van der Waals surface area contributed by atoms with Gasteiger partial charge in [0.1, 0.15) is 11.9 Å². The molecule has 10 heteroatoms. The molecule has 2 aromatic carbocycles. The van der Waals surface area contributed by atoms with Crippen LogP contribution < -0.4 is 0 Å². The number of ketones is 1. The number of benzene rings is 2. The van der Waals surface area contributed by atoms with Crippen LogP contribution in [0.3, 0.4) is 0 Å². The van der Waals surface area contributed by atoms with Gasteiger partial charge in [-0.05, 0) is 91.6 Å². The molecule has 2 aromatic heterocycles. The van der Waals surface area contributed by atoms with E-state index >= 15 is 0 Å². The van der Waals surface area contributed by atoms with Crippen LogP contribution >= 0.6 is 11.6 Å². The number of aromatic nitrogens is 5. The van der Waals surface area contributed by atoms with Gasteiger partial charge in [-0.25, -0.2) is 4.79 Å². The number of Topliss-reactive ketones (excluding diaryl/α,β-unsaturated/α-hetero) is 1. The summed E-state index contributed by atoms with van der Waals surface area (Å²) < 4.78 is 6.92. The van der Waals surface area contributed by atoms with Crippen LogP contribution in [-0.2, 0) is 28.0 Å². The third-order valence-corrected chi connectivity index (χ3v) is 6.63. The van der Waals surface area contributed by atoms with E-state index in [1.165, 1.54) is 11.0 Å². The normalized spacial score (nSPS) is 16.8. The van der Waals surface area contributed by atoms with Crippen molar-refractivity contribution < 1.29 is 19.4 Å². The van der Waals surface area contributed by atoms with Crippen LogP contribution in [0, 0.1) is 0 Å². The second-order valence-corrected chi connectivity index (χ2v) is 10.7. The van der Waals surface area contributed by atoms with E-state index in [2.05, 4.69) is 20.5 Å². The number of carbonyl (C=O) groups is 2. The molecule has 1 aliphatic rings. The molecule has 1 N–H and O–H groups in total. The van der Waals surface area contributed by atoms with Gasteiger partial charge in [0.05, 0.1) is 16.9 Å². The van der Waals surface area contributed by atoms with Gasteiger partial charge >= 0.3 is 5.97 Å². The minimum absolute atomic E-state index is 0.00566. The molecule has 0 saturated carbocycles. The Morgan fingerprint density at radius 2 is 1.89 bits per heavy atom. The number of nitrogens with zero attached hydrogens (tertiary/aromatic N) is 5. The molecule has 0 saturated heterocycles. The standard InChI is InChI=1S/C28H26ClN5O4/c1-27(2,3)38-26(36)18-6-4-17(5-7-18)12-24(35)28(37)11-10-19-13-20(15-30-25(19)28)22-14-21(29)8-9-23(22)34-16-31-32-33-34/h4-9,13-16,37H,10-12H2,1-3H3. The highest BCUT2D eigenvalue weighted by Crippen LogP contribution is 2.39. The molecule has 194 valence electrons. The summed E-state index contributed by atoms with van der Waals surface area (Å²) in [5, 5.41) is 23.3. The topological polar surface area (TPSA) is 120 Å². The van der Waals surface area contributed by atoms with E-state index in [0.29, 0.717) is 28.3 Å². The molecular formula is C28H26ClN5O4. The van der Waals surface area contributed by atoms with Crippen molar-refractivity contribution in [2.75, 3.05) is 0 Å². The first-order valence-electron chi connectivity index (χ1n) is 12.1. The van der Waals surface area contributed by atoms with E-state index in [9.17, 15) is 14.7 Å². The summed E-state index contributed by atoms with van der Waals surface area (Å²) >= 11 is 6.27. The summed E-state index contributed by atoms with van der Waals surface area (Å²) in [5.41, 5.74) is 2.22. The third-order valence-electron chi connectivity index (χ3n) is 6.39. The summed E-state index contributed by atoms with van der Waals surface area (Å²) in [6.07, 6.45) is 3.86. The molecule has 1 atom stereocenters. The SMILES string of the molecule is CC(C)(C)OC(=O)c1ccc(CC(=O)C2(O)CCc3cc(-c4cc(Cl)ccc4-n4cnnn4)cnc32)cc1. The van der Waals surface area contributed by atoms with Crippen molar-refractivity contribution in [3.05, 3.63) is 88.5 Å². The Kier molecular flexibility index (Phi) is 6.58. The van der Waals surface area contributed by atoms with E-state index in [0.717, 1.165) is 22.4 Å². The van der Waals surface area contributed by atoms with Gasteiger partial charge in [0, 0.05) is 28.8 Å². The van der Waals surface area contributed by atoms with Crippen LogP contribution in [0.1, 0.15) is 54.4 Å². The summed E-state index contributed by atoms with van der Waals surface area (Å²) in [4.78, 5) is 30.1. The number of pyridine rings is 1. The van der Waals surface area contributed by atoms with Crippen LogP contribution in [0.2, 0.25) is 5.02 Å². The second-order valence-electron chi connectivity index (χ2n) is 10.3. The largest absolute Gasteiger partial charge is 0.456 e. The van der Waals surface area contributed by atoms with Crippen LogP contribution in [0.4, 0.5) is 0 Å². The molecule has 38 heavy (non-hydrogen) atoms. The zero-order valence-corrected chi connectivity index (χ0v) is 21.9. The quantitative estimate of drug-likeness (QED) is 0.366. The van der Waals surface area contributed by atoms with E-state index in [1.54, 1.807) is 63.4 Å². The summed E-state index contributed by atoms with van der Waals surface area (Å²) in [6, 6.07) is 13.9. The number of halogens is 1. The number of ether oxygens (including phenoxy) is 1. The molecule has 9 nitrogen and oxygen atoms in total. The number of hydrogen-bond donors (Lipinski definition) is 1. The van der Waals surface area contributed by atoms with Gasteiger partial charge in [-0.3, -0.25) is 9.78 Å². The molecule has 4 aromatic rings. The molecule has 0 aliphatic heterocycles. The molecule has 0 radical (unpaired) electrons. The van der Waals surface area contributed by atoms with Crippen molar-refractivity contribution in [1.82, 2.24) is 25.2 Å². The molecule has 0 spiro atoms. The summed E-state index contributed by atoms with van der Waals surface area (Å²) in [6.45, 7) is 5.41. The van der Waals surface area contributed by atoms with E-state index in [1.807, 2.05) is 12.1 Å². The Morgan fingerprint density at radius 3 is 2.58 bits per heavy atom.